The van der Waals surface area contributed by atoms with Gasteiger partial charge in [-0.25, -0.2) is 13.4 Å². The summed E-state index contributed by atoms with van der Waals surface area (Å²) in [5.41, 5.74) is 1.20. The van der Waals surface area contributed by atoms with Crippen LogP contribution in [0.5, 0.6) is 11.5 Å². The molecule has 2 aromatic carbocycles. The molecule has 146 valence electrons. The van der Waals surface area contributed by atoms with Crippen LogP contribution in [0.4, 0.5) is 0 Å². The molecule has 0 atom stereocenters. The summed E-state index contributed by atoms with van der Waals surface area (Å²) < 4.78 is 43.4. The van der Waals surface area contributed by atoms with Crippen LogP contribution < -0.4 is 9.47 Å². The number of nitrogens with zero attached hydrogens (tertiary/aromatic N) is 2. The molecule has 1 aromatic heterocycles. The highest BCUT2D eigenvalue weighted by molar-refractivity contribution is 7.89. The van der Waals surface area contributed by atoms with E-state index in [-0.39, 0.29) is 11.4 Å². The first-order valence-electron chi connectivity index (χ1n) is 8.50. The molecule has 0 spiro atoms. The predicted octanol–water partition coefficient (Wildman–Crippen LogP) is 3.59. The van der Waals surface area contributed by atoms with Gasteiger partial charge in [0.15, 0.2) is 11.5 Å². The Hall–Kier alpha value is -2.55. The SMILES string of the molecule is CN(Cc1coc(-c2cccc(Cl)c2)n1)S(=O)(=O)c1ccc2c(c1)OCCO2. The first kappa shape index (κ1) is 18.8. The highest BCUT2D eigenvalue weighted by atomic mass is 35.5. The lowest BCUT2D eigenvalue weighted by molar-refractivity contribution is 0.171. The molecule has 9 heteroatoms. The van der Waals surface area contributed by atoms with E-state index in [1.807, 2.05) is 6.07 Å². The van der Waals surface area contributed by atoms with Crippen molar-refractivity contribution in [1.29, 1.82) is 0 Å². The molecule has 28 heavy (non-hydrogen) atoms. The van der Waals surface area contributed by atoms with Gasteiger partial charge in [0.2, 0.25) is 15.9 Å². The van der Waals surface area contributed by atoms with E-state index < -0.39 is 10.0 Å². The van der Waals surface area contributed by atoms with Crippen LogP contribution in [0.3, 0.4) is 0 Å². The number of sulfonamides is 1. The van der Waals surface area contributed by atoms with Crippen LogP contribution in [0.2, 0.25) is 5.02 Å². The monoisotopic (exact) mass is 420 g/mol. The average Bonchev–Trinajstić information content (AvgIpc) is 3.16. The molecule has 0 radical (unpaired) electrons. The number of rotatable bonds is 5. The number of ether oxygens (including phenoxy) is 2. The van der Waals surface area contributed by atoms with E-state index >= 15 is 0 Å². The largest absolute Gasteiger partial charge is 0.486 e. The summed E-state index contributed by atoms with van der Waals surface area (Å²) in [5.74, 6) is 1.34. The fraction of sp³-hybridized carbons (Fsp3) is 0.211. The van der Waals surface area contributed by atoms with Gasteiger partial charge in [0.25, 0.3) is 0 Å². The molecule has 0 fully saturated rings. The Morgan fingerprint density at radius 3 is 2.68 bits per heavy atom. The Labute approximate surface area is 167 Å². The lowest BCUT2D eigenvalue weighted by Gasteiger charge is -2.20. The standard InChI is InChI=1S/C19H17ClN2O5S/c1-22(11-15-12-27-19(21-15)13-3-2-4-14(20)9-13)28(23,24)16-5-6-17-18(10-16)26-8-7-25-17/h2-6,9-10,12H,7-8,11H2,1H3. The lowest BCUT2D eigenvalue weighted by atomic mass is 10.2. The van der Waals surface area contributed by atoms with Gasteiger partial charge in [0.05, 0.1) is 17.1 Å². The van der Waals surface area contributed by atoms with Crippen LogP contribution >= 0.6 is 11.6 Å². The van der Waals surface area contributed by atoms with Crippen molar-refractivity contribution in [3.63, 3.8) is 0 Å². The minimum absolute atomic E-state index is 0.0564. The number of aromatic nitrogens is 1. The zero-order valence-electron chi connectivity index (χ0n) is 15.0. The molecule has 4 rings (SSSR count). The maximum atomic E-state index is 12.9. The zero-order valence-corrected chi connectivity index (χ0v) is 16.5. The van der Waals surface area contributed by atoms with Crippen molar-refractivity contribution in [3.05, 3.63) is 59.4 Å². The highest BCUT2D eigenvalue weighted by Gasteiger charge is 2.25. The normalized spacial score (nSPS) is 13.7. The number of halogens is 1. The van der Waals surface area contributed by atoms with E-state index in [1.54, 1.807) is 24.3 Å². The Bertz CT molecular complexity index is 1110. The molecule has 0 saturated carbocycles. The summed E-state index contributed by atoms with van der Waals surface area (Å²) in [6.07, 6.45) is 1.44. The second-order valence-corrected chi connectivity index (χ2v) is 8.70. The van der Waals surface area contributed by atoms with Gasteiger partial charge >= 0.3 is 0 Å². The van der Waals surface area contributed by atoms with Crippen LogP contribution in [-0.2, 0) is 16.6 Å². The fourth-order valence-corrected chi connectivity index (χ4v) is 4.16. The molecule has 1 aliphatic heterocycles. The summed E-state index contributed by atoms with van der Waals surface area (Å²) in [6.45, 7) is 0.887. The summed E-state index contributed by atoms with van der Waals surface area (Å²) in [7, 11) is -2.25. The number of oxazole rings is 1. The summed E-state index contributed by atoms with van der Waals surface area (Å²) in [6, 6.07) is 11.7. The van der Waals surface area contributed by atoms with Crippen molar-refractivity contribution < 1.29 is 22.3 Å². The van der Waals surface area contributed by atoms with E-state index in [4.69, 9.17) is 25.5 Å². The molecule has 0 amide bonds. The quantitative estimate of drug-likeness (QED) is 0.627. The van der Waals surface area contributed by atoms with Crippen molar-refractivity contribution in [2.75, 3.05) is 20.3 Å². The molecule has 0 bridgehead atoms. The number of hydrogen-bond donors (Lipinski definition) is 0. The molecule has 0 saturated heterocycles. The number of hydrogen-bond acceptors (Lipinski definition) is 6. The van der Waals surface area contributed by atoms with Crippen molar-refractivity contribution in [2.45, 2.75) is 11.4 Å². The van der Waals surface area contributed by atoms with Crippen LogP contribution in [0.25, 0.3) is 11.5 Å². The van der Waals surface area contributed by atoms with Crippen molar-refractivity contribution in [3.8, 4) is 23.0 Å². The fourth-order valence-electron chi connectivity index (χ4n) is 2.81. The summed E-state index contributed by atoms with van der Waals surface area (Å²) in [4.78, 5) is 4.49. The van der Waals surface area contributed by atoms with Gasteiger partial charge in [-0.1, -0.05) is 17.7 Å². The minimum atomic E-state index is -3.74. The van der Waals surface area contributed by atoms with E-state index in [0.717, 1.165) is 5.56 Å². The maximum absolute atomic E-state index is 12.9. The summed E-state index contributed by atoms with van der Waals surface area (Å²) in [5, 5.41) is 0.565. The van der Waals surface area contributed by atoms with E-state index in [9.17, 15) is 8.42 Å². The second-order valence-electron chi connectivity index (χ2n) is 6.22. The van der Waals surface area contributed by atoms with Gasteiger partial charge in [-0.15, -0.1) is 0 Å². The lowest BCUT2D eigenvalue weighted by Crippen LogP contribution is -2.27. The van der Waals surface area contributed by atoms with Crippen LogP contribution in [0.15, 0.2) is 58.0 Å². The third-order valence-corrected chi connectivity index (χ3v) is 6.26. The Morgan fingerprint density at radius 1 is 1.11 bits per heavy atom. The summed E-state index contributed by atoms with van der Waals surface area (Å²) >= 11 is 5.99. The molecule has 7 nitrogen and oxygen atoms in total. The van der Waals surface area contributed by atoms with Crippen LogP contribution in [-0.4, -0.2) is 38.0 Å². The van der Waals surface area contributed by atoms with E-state index in [1.165, 1.54) is 29.7 Å². The maximum Gasteiger partial charge on any atom is 0.243 e. The third kappa shape index (κ3) is 3.71. The minimum Gasteiger partial charge on any atom is -0.486 e. The topological polar surface area (TPSA) is 81.9 Å². The van der Waals surface area contributed by atoms with Gasteiger partial charge in [0, 0.05) is 23.7 Å². The van der Waals surface area contributed by atoms with Gasteiger partial charge in [0.1, 0.15) is 19.5 Å². The van der Waals surface area contributed by atoms with Crippen molar-refractivity contribution >= 4 is 21.6 Å². The zero-order chi connectivity index (χ0) is 19.7. The number of benzene rings is 2. The number of fused-ring (bicyclic) bond motifs is 1. The van der Waals surface area contributed by atoms with Gasteiger partial charge in [-0.05, 0) is 30.3 Å². The van der Waals surface area contributed by atoms with Gasteiger partial charge in [-0.2, -0.15) is 4.31 Å². The molecule has 0 aliphatic carbocycles. The first-order valence-corrected chi connectivity index (χ1v) is 10.3. The molecular weight excluding hydrogens is 404 g/mol. The van der Waals surface area contributed by atoms with Gasteiger partial charge in [-0.3, -0.25) is 0 Å². The Kier molecular flexibility index (Phi) is 5.01. The highest BCUT2D eigenvalue weighted by Crippen LogP contribution is 2.33. The smallest absolute Gasteiger partial charge is 0.243 e. The first-order chi connectivity index (χ1) is 13.4. The Morgan fingerprint density at radius 2 is 1.89 bits per heavy atom. The molecule has 2 heterocycles. The van der Waals surface area contributed by atoms with Crippen molar-refractivity contribution in [1.82, 2.24) is 9.29 Å². The Balaban J connectivity index is 1.54. The molecule has 0 N–H and O–H groups in total. The molecule has 3 aromatic rings. The van der Waals surface area contributed by atoms with E-state index in [2.05, 4.69) is 4.98 Å². The van der Waals surface area contributed by atoms with Gasteiger partial charge < -0.3 is 13.9 Å². The van der Waals surface area contributed by atoms with Crippen molar-refractivity contribution in [2.24, 2.45) is 0 Å². The average molecular weight is 421 g/mol. The molecule has 0 unspecified atom stereocenters. The third-order valence-electron chi connectivity index (χ3n) is 4.23. The molecule has 1 aliphatic rings. The predicted molar refractivity (Wildman–Crippen MR) is 103 cm³/mol. The van der Waals surface area contributed by atoms with E-state index in [0.29, 0.717) is 41.3 Å². The van der Waals surface area contributed by atoms with Crippen LogP contribution in [0.1, 0.15) is 5.69 Å². The van der Waals surface area contributed by atoms with Crippen LogP contribution in [0, 0.1) is 0 Å². The molecular formula is C19H17ClN2O5S. The second kappa shape index (κ2) is 7.46.